The van der Waals surface area contributed by atoms with Crippen molar-refractivity contribution >= 4 is 5.78 Å². The van der Waals surface area contributed by atoms with Gasteiger partial charge in [-0.15, -0.1) is 0 Å². The van der Waals surface area contributed by atoms with Crippen molar-refractivity contribution in [2.24, 2.45) is 23.7 Å². The summed E-state index contributed by atoms with van der Waals surface area (Å²) in [6.45, 7) is 10.7. The van der Waals surface area contributed by atoms with Crippen molar-refractivity contribution in [3.8, 4) is 0 Å². The van der Waals surface area contributed by atoms with Crippen LogP contribution in [0.3, 0.4) is 0 Å². The highest BCUT2D eigenvalue weighted by Crippen LogP contribution is 2.42. The molecule has 0 aromatic carbocycles. The van der Waals surface area contributed by atoms with E-state index in [2.05, 4.69) is 33.8 Å². The Bertz CT molecular complexity index is 297. The molecule has 18 heavy (non-hydrogen) atoms. The van der Waals surface area contributed by atoms with Gasteiger partial charge < -0.3 is 4.79 Å². The van der Waals surface area contributed by atoms with Gasteiger partial charge in [-0.2, -0.15) is 0 Å². The molecule has 0 saturated heterocycles. The van der Waals surface area contributed by atoms with Crippen LogP contribution in [0, 0.1) is 23.7 Å². The van der Waals surface area contributed by atoms with Crippen molar-refractivity contribution in [2.75, 3.05) is 0 Å². The summed E-state index contributed by atoms with van der Waals surface area (Å²) in [5.41, 5.74) is 1.43. The second-order valence-corrected chi connectivity index (χ2v) is 6.88. The van der Waals surface area contributed by atoms with Gasteiger partial charge in [0.25, 0.3) is 0 Å². The van der Waals surface area contributed by atoms with Gasteiger partial charge in [0.2, 0.25) is 0 Å². The first-order chi connectivity index (χ1) is 8.38. The quantitative estimate of drug-likeness (QED) is 0.606. The molecule has 0 aliphatic heterocycles. The van der Waals surface area contributed by atoms with Gasteiger partial charge >= 0.3 is 0 Å². The number of hydrogen-bond donors (Lipinski definition) is 0. The molecule has 104 valence electrons. The summed E-state index contributed by atoms with van der Waals surface area (Å²) in [5, 5.41) is 0. The van der Waals surface area contributed by atoms with Gasteiger partial charge in [-0.05, 0) is 70.1 Å². The minimum Gasteiger partial charge on any atom is -0.300 e. The fraction of sp³-hybridized carbons (Fsp3) is 0.824. The number of carbonyl (C=O) groups excluding carboxylic acids is 1. The SMILES string of the molecule is CC(=O)CCC1CC(CC(C)C)CC1C=C(C)C. The first kappa shape index (κ1) is 15.5. The van der Waals surface area contributed by atoms with Gasteiger partial charge in [-0.25, -0.2) is 0 Å². The second kappa shape index (κ2) is 7.11. The van der Waals surface area contributed by atoms with Crippen LogP contribution >= 0.6 is 0 Å². The summed E-state index contributed by atoms with van der Waals surface area (Å²) in [4.78, 5) is 11.2. The van der Waals surface area contributed by atoms with Gasteiger partial charge in [0.05, 0.1) is 0 Å². The molecular weight excluding hydrogens is 220 g/mol. The lowest BCUT2D eigenvalue weighted by atomic mass is 9.89. The number of ketones is 1. The molecule has 0 N–H and O–H groups in total. The third-order valence-electron chi connectivity index (χ3n) is 4.07. The Kier molecular flexibility index (Phi) is 6.11. The molecule has 0 bridgehead atoms. The second-order valence-electron chi connectivity index (χ2n) is 6.88. The summed E-state index contributed by atoms with van der Waals surface area (Å²) < 4.78 is 0. The van der Waals surface area contributed by atoms with Crippen molar-refractivity contribution in [3.05, 3.63) is 11.6 Å². The van der Waals surface area contributed by atoms with Crippen molar-refractivity contribution in [1.29, 1.82) is 0 Å². The summed E-state index contributed by atoms with van der Waals surface area (Å²) in [6, 6.07) is 0. The van der Waals surface area contributed by atoms with Crippen LogP contribution in [0.5, 0.6) is 0 Å². The highest BCUT2D eigenvalue weighted by Gasteiger charge is 2.32. The lowest BCUT2D eigenvalue weighted by molar-refractivity contribution is -0.117. The monoisotopic (exact) mass is 250 g/mol. The average molecular weight is 250 g/mol. The van der Waals surface area contributed by atoms with E-state index in [0.29, 0.717) is 5.78 Å². The molecule has 1 fully saturated rings. The molecule has 3 atom stereocenters. The van der Waals surface area contributed by atoms with Crippen LogP contribution in [0.4, 0.5) is 0 Å². The van der Waals surface area contributed by atoms with Crippen molar-refractivity contribution in [1.82, 2.24) is 0 Å². The third-order valence-corrected chi connectivity index (χ3v) is 4.07. The molecule has 1 aliphatic rings. The zero-order chi connectivity index (χ0) is 13.7. The van der Waals surface area contributed by atoms with E-state index in [0.717, 1.165) is 36.5 Å². The molecule has 0 amide bonds. The maximum absolute atomic E-state index is 11.2. The third kappa shape index (κ3) is 5.37. The first-order valence-corrected chi connectivity index (χ1v) is 7.53. The van der Waals surface area contributed by atoms with Crippen LogP contribution in [-0.2, 0) is 4.79 Å². The van der Waals surface area contributed by atoms with Crippen LogP contribution < -0.4 is 0 Å². The van der Waals surface area contributed by atoms with Crippen LogP contribution in [0.15, 0.2) is 11.6 Å². The molecule has 1 saturated carbocycles. The maximum atomic E-state index is 11.2. The minimum atomic E-state index is 0.346. The number of carbonyl (C=O) groups is 1. The molecule has 0 radical (unpaired) electrons. The number of Topliss-reactive ketones (excluding diaryl/α,β-unsaturated/α-hetero) is 1. The minimum absolute atomic E-state index is 0.346. The smallest absolute Gasteiger partial charge is 0.129 e. The Labute approximate surface area is 113 Å². The van der Waals surface area contributed by atoms with Crippen LogP contribution in [0.25, 0.3) is 0 Å². The van der Waals surface area contributed by atoms with E-state index in [-0.39, 0.29) is 0 Å². The van der Waals surface area contributed by atoms with Crippen molar-refractivity contribution in [3.63, 3.8) is 0 Å². The predicted octanol–water partition coefficient (Wildman–Crippen LogP) is 5.01. The van der Waals surface area contributed by atoms with E-state index in [1.807, 2.05) is 0 Å². The summed E-state index contributed by atoms with van der Waals surface area (Å²) in [6.07, 6.45) is 8.34. The fourth-order valence-electron chi connectivity index (χ4n) is 3.49. The normalized spacial score (nSPS) is 27.6. The van der Waals surface area contributed by atoms with Crippen LogP contribution in [0.1, 0.15) is 66.7 Å². The molecule has 1 aliphatic carbocycles. The topological polar surface area (TPSA) is 17.1 Å². The summed E-state index contributed by atoms with van der Waals surface area (Å²) in [5.74, 6) is 3.49. The van der Waals surface area contributed by atoms with E-state index in [1.54, 1.807) is 6.92 Å². The van der Waals surface area contributed by atoms with Crippen molar-refractivity contribution in [2.45, 2.75) is 66.7 Å². The number of allylic oxidation sites excluding steroid dienone is 2. The van der Waals surface area contributed by atoms with Crippen LogP contribution in [0.2, 0.25) is 0 Å². The van der Waals surface area contributed by atoms with Gasteiger partial charge in [0, 0.05) is 6.42 Å². The van der Waals surface area contributed by atoms with Crippen molar-refractivity contribution < 1.29 is 4.79 Å². The highest BCUT2D eigenvalue weighted by molar-refractivity contribution is 5.75. The largest absolute Gasteiger partial charge is 0.300 e. The van der Waals surface area contributed by atoms with Gasteiger partial charge in [0.1, 0.15) is 5.78 Å². The Balaban J connectivity index is 2.59. The molecule has 0 aromatic rings. The average Bonchev–Trinajstić information content (AvgIpc) is 2.55. The van der Waals surface area contributed by atoms with E-state index < -0.39 is 0 Å². The van der Waals surface area contributed by atoms with E-state index in [1.165, 1.54) is 24.8 Å². The molecule has 0 spiro atoms. The van der Waals surface area contributed by atoms with Gasteiger partial charge in [0.15, 0.2) is 0 Å². The maximum Gasteiger partial charge on any atom is 0.129 e. The standard InChI is InChI=1S/C17H30O/c1-12(2)8-15-10-16(7-6-14(5)18)17(11-15)9-13(3)4/h9,12,15-17H,6-8,10-11H2,1-5H3. The molecular formula is C17H30O. The summed E-state index contributed by atoms with van der Waals surface area (Å²) >= 11 is 0. The predicted molar refractivity (Wildman–Crippen MR) is 78.5 cm³/mol. The molecule has 0 heterocycles. The van der Waals surface area contributed by atoms with E-state index in [9.17, 15) is 4.79 Å². The Morgan fingerprint density at radius 3 is 2.39 bits per heavy atom. The molecule has 1 heteroatoms. The zero-order valence-electron chi connectivity index (χ0n) is 12.8. The Morgan fingerprint density at radius 1 is 1.22 bits per heavy atom. The summed E-state index contributed by atoms with van der Waals surface area (Å²) in [7, 11) is 0. The molecule has 3 unspecified atom stereocenters. The fourth-order valence-corrected chi connectivity index (χ4v) is 3.49. The van der Waals surface area contributed by atoms with E-state index >= 15 is 0 Å². The Hall–Kier alpha value is -0.590. The lowest BCUT2D eigenvalue weighted by Crippen LogP contribution is -2.07. The van der Waals surface area contributed by atoms with E-state index in [4.69, 9.17) is 0 Å². The van der Waals surface area contributed by atoms with Gasteiger partial charge in [-0.3, -0.25) is 0 Å². The molecule has 1 rings (SSSR count). The zero-order valence-corrected chi connectivity index (χ0v) is 12.8. The lowest BCUT2D eigenvalue weighted by Gasteiger charge is -2.15. The first-order valence-electron chi connectivity index (χ1n) is 7.53. The number of rotatable bonds is 6. The van der Waals surface area contributed by atoms with Crippen LogP contribution in [-0.4, -0.2) is 5.78 Å². The van der Waals surface area contributed by atoms with Gasteiger partial charge in [-0.1, -0.05) is 25.5 Å². The number of hydrogen-bond acceptors (Lipinski definition) is 1. The highest BCUT2D eigenvalue weighted by atomic mass is 16.1. The molecule has 0 aromatic heterocycles. The molecule has 1 nitrogen and oxygen atoms in total. The Morgan fingerprint density at radius 2 is 1.89 bits per heavy atom.